The molecule has 0 saturated heterocycles. The molecule has 0 spiro atoms. The summed E-state index contributed by atoms with van der Waals surface area (Å²) in [7, 11) is 0. The molecule has 0 heterocycles. The molecule has 0 atom stereocenters. The van der Waals surface area contributed by atoms with Gasteiger partial charge in [-0.2, -0.15) is 0 Å². The van der Waals surface area contributed by atoms with Crippen LogP contribution in [0, 0.1) is 12.7 Å². The van der Waals surface area contributed by atoms with Crippen LogP contribution in [0.25, 0.3) is 0 Å². The van der Waals surface area contributed by atoms with E-state index in [1.807, 2.05) is 49.4 Å². The Morgan fingerprint density at radius 3 is 2.52 bits per heavy atom. The molecule has 0 fully saturated rings. The maximum atomic E-state index is 13.6. The molecule has 0 radical (unpaired) electrons. The fraction of sp³-hybridized carbons (Fsp3) is 0.143. The molecule has 3 aromatic carbocycles. The van der Waals surface area contributed by atoms with Crippen molar-refractivity contribution in [3.8, 4) is 5.75 Å². The van der Waals surface area contributed by atoms with E-state index in [1.54, 1.807) is 18.2 Å². The molecule has 0 amide bonds. The second kappa shape index (κ2) is 8.04. The van der Waals surface area contributed by atoms with Crippen LogP contribution in [-0.2, 0) is 13.2 Å². The molecule has 0 aliphatic carbocycles. The molecular formula is C21H19ClFNO. The highest BCUT2D eigenvalue weighted by molar-refractivity contribution is 6.30. The molecule has 0 unspecified atom stereocenters. The summed E-state index contributed by atoms with van der Waals surface area (Å²) in [6, 6.07) is 20.2. The van der Waals surface area contributed by atoms with Crippen LogP contribution in [-0.4, -0.2) is 0 Å². The van der Waals surface area contributed by atoms with Crippen molar-refractivity contribution in [2.75, 3.05) is 5.32 Å². The van der Waals surface area contributed by atoms with Gasteiger partial charge in [0, 0.05) is 22.8 Å². The van der Waals surface area contributed by atoms with E-state index in [2.05, 4.69) is 5.32 Å². The molecule has 3 rings (SSSR count). The van der Waals surface area contributed by atoms with E-state index in [0.717, 1.165) is 16.8 Å². The van der Waals surface area contributed by atoms with Gasteiger partial charge in [-0.25, -0.2) is 4.39 Å². The number of hydrogen-bond acceptors (Lipinski definition) is 2. The quantitative estimate of drug-likeness (QED) is 0.587. The minimum Gasteiger partial charge on any atom is -0.489 e. The zero-order chi connectivity index (χ0) is 17.6. The Morgan fingerprint density at radius 2 is 1.76 bits per heavy atom. The van der Waals surface area contributed by atoms with Gasteiger partial charge in [0.25, 0.3) is 0 Å². The van der Waals surface area contributed by atoms with Crippen molar-refractivity contribution in [3.05, 3.63) is 94.3 Å². The summed E-state index contributed by atoms with van der Waals surface area (Å²) >= 11 is 6.03. The minimum absolute atomic E-state index is 0.214. The second-order valence-electron chi connectivity index (χ2n) is 5.84. The van der Waals surface area contributed by atoms with Crippen LogP contribution >= 0.6 is 11.6 Å². The Hall–Kier alpha value is -2.52. The number of aryl methyl sites for hydroxylation is 1. The number of benzene rings is 3. The highest BCUT2D eigenvalue weighted by Crippen LogP contribution is 2.21. The first-order valence-electron chi connectivity index (χ1n) is 8.07. The van der Waals surface area contributed by atoms with Gasteiger partial charge < -0.3 is 10.1 Å². The summed E-state index contributed by atoms with van der Waals surface area (Å²) in [5.41, 5.74) is 3.84. The van der Waals surface area contributed by atoms with Gasteiger partial charge in [0.05, 0.1) is 0 Å². The van der Waals surface area contributed by atoms with Gasteiger partial charge in [-0.15, -0.1) is 0 Å². The summed E-state index contributed by atoms with van der Waals surface area (Å²) in [6.07, 6.45) is 0. The van der Waals surface area contributed by atoms with E-state index in [9.17, 15) is 4.39 Å². The van der Waals surface area contributed by atoms with Crippen molar-refractivity contribution in [2.24, 2.45) is 0 Å². The third kappa shape index (κ3) is 4.74. The van der Waals surface area contributed by atoms with E-state index >= 15 is 0 Å². The lowest BCUT2D eigenvalue weighted by molar-refractivity contribution is 0.300. The third-order valence-electron chi connectivity index (χ3n) is 3.96. The Morgan fingerprint density at radius 1 is 1.00 bits per heavy atom. The molecular weight excluding hydrogens is 337 g/mol. The Bertz CT molecular complexity index is 849. The summed E-state index contributed by atoms with van der Waals surface area (Å²) < 4.78 is 19.2. The molecule has 0 aromatic heterocycles. The number of anilines is 1. The monoisotopic (exact) mass is 355 g/mol. The first-order chi connectivity index (χ1) is 12.1. The van der Waals surface area contributed by atoms with E-state index in [4.69, 9.17) is 16.3 Å². The predicted octanol–water partition coefficient (Wildman–Crippen LogP) is 5.98. The van der Waals surface area contributed by atoms with Crippen molar-refractivity contribution in [1.29, 1.82) is 0 Å². The molecule has 128 valence electrons. The molecule has 0 bridgehead atoms. The summed E-state index contributed by atoms with van der Waals surface area (Å²) in [6.45, 7) is 2.94. The molecule has 0 aliphatic rings. The Labute approximate surface area is 152 Å². The van der Waals surface area contributed by atoms with Gasteiger partial charge >= 0.3 is 0 Å². The van der Waals surface area contributed by atoms with Crippen LogP contribution < -0.4 is 10.1 Å². The summed E-state index contributed by atoms with van der Waals surface area (Å²) in [5.74, 6) is 0.464. The zero-order valence-electron chi connectivity index (χ0n) is 13.9. The lowest BCUT2D eigenvalue weighted by atomic mass is 10.1. The molecule has 0 saturated carbocycles. The van der Waals surface area contributed by atoms with Crippen molar-refractivity contribution in [2.45, 2.75) is 20.1 Å². The lowest BCUT2D eigenvalue weighted by Gasteiger charge is -2.11. The van der Waals surface area contributed by atoms with Crippen molar-refractivity contribution >= 4 is 17.3 Å². The largest absolute Gasteiger partial charge is 0.489 e. The van der Waals surface area contributed by atoms with Gasteiger partial charge in [0.15, 0.2) is 0 Å². The minimum atomic E-state index is -0.250. The summed E-state index contributed by atoms with van der Waals surface area (Å²) in [4.78, 5) is 0. The molecule has 25 heavy (non-hydrogen) atoms. The van der Waals surface area contributed by atoms with Gasteiger partial charge in [-0.3, -0.25) is 0 Å². The smallest absolute Gasteiger partial charge is 0.129 e. The maximum Gasteiger partial charge on any atom is 0.129 e. The SMILES string of the molecule is Cc1ccc(Cl)cc1NCc1ccc(OCc2ccccc2F)cc1. The molecule has 2 nitrogen and oxygen atoms in total. The van der Waals surface area contributed by atoms with E-state index in [0.29, 0.717) is 22.9 Å². The summed E-state index contributed by atoms with van der Waals surface area (Å²) in [5, 5.41) is 4.09. The fourth-order valence-electron chi connectivity index (χ4n) is 2.46. The average molecular weight is 356 g/mol. The number of nitrogens with one attached hydrogen (secondary N) is 1. The highest BCUT2D eigenvalue weighted by Gasteiger charge is 2.03. The average Bonchev–Trinajstić information content (AvgIpc) is 2.63. The van der Waals surface area contributed by atoms with E-state index in [-0.39, 0.29) is 12.4 Å². The van der Waals surface area contributed by atoms with Crippen LogP contribution in [0.1, 0.15) is 16.7 Å². The van der Waals surface area contributed by atoms with E-state index < -0.39 is 0 Å². The normalized spacial score (nSPS) is 10.5. The number of rotatable bonds is 6. The number of ether oxygens (including phenoxy) is 1. The van der Waals surface area contributed by atoms with Crippen LogP contribution in [0.5, 0.6) is 5.75 Å². The van der Waals surface area contributed by atoms with Gasteiger partial charge in [-0.1, -0.05) is 48.0 Å². The standard InChI is InChI=1S/C21H19ClFNO/c1-15-6-9-18(22)12-21(15)24-13-16-7-10-19(11-8-16)25-14-17-4-2-3-5-20(17)23/h2-12,24H,13-14H2,1H3. The van der Waals surface area contributed by atoms with Crippen LogP contribution in [0.15, 0.2) is 66.7 Å². The molecule has 0 aliphatic heterocycles. The Kier molecular flexibility index (Phi) is 5.56. The predicted molar refractivity (Wildman–Crippen MR) is 101 cm³/mol. The molecule has 1 N–H and O–H groups in total. The first-order valence-corrected chi connectivity index (χ1v) is 8.45. The lowest BCUT2D eigenvalue weighted by Crippen LogP contribution is -2.01. The molecule has 3 aromatic rings. The third-order valence-corrected chi connectivity index (χ3v) is 4.19. The van der Waals surface area contributed by atoms with Gasteiger partial charge in [0.1, 0.15) is 18.2 Å². The number of halogens is 2. The van der Waals surface area contributed by atoms with Crippen molar-refractivity contribution < 1.29 is 9.13 Å². The first kappa shape index (κ1) is 17.3. The van der Waals surface area contributed by atoms with E-state index in [1.165, 1.54) is 6.07 Å². The second-order valence-corrected chi connectivity index (χ2v) is 6.27. The number of hydrogen-bond donors (Lipinski definition) is 1. The van der Waals surface area contributed by atoms with Crippen LogP contribution in [0.2, 0.25) is 5.02 Å². The fourth-order valence-corrected chi connectivity index (χ4v) is 2.63. The van der Waals surface area contributed by atoms with Crippen molar-refractivity contribution in [1.82, 2.24) is 0 Å². The van der Waals surface area contributed by atoms with Gasteiger partial charge in [0.2, 0.25) is 0 Å². The van der Waals surface area contributed by atoms with Gasteiger partial charge in [-0.05, 0) is 48.4 Å². The van der Waals surface area contributed by atoms with Crippen LogP contribution in [0.3, 0.4) is 0 Å². The Balaban J connectivity index is 1.57. The van der Waals surface area contributed by atoms with Crippen LogP contribution in [0.4, 0.5) is 10.1 Å². The molecule has 4 heteroatoms. The highest BCUT2D eigenvalue weighted by atomic mass is 35.5. The van der Waals surface area contributed by atoms with Crippen molar-refractivity contribution in [3.63, 3.8) is 0 Å². The zero-order valence-corrected chi connectivity index (χ0v) is 14.7. The maximum absolute atomic E-state index is 13.6. The topological polar surface area (TPSA) is 21.3 Å².